The van der Waals surface area contributed by atoms with E-state index in [0.29, 0.717) is 10.8 Å². The molecule has 0 aliphatic carbocycles. The van der Waals surface area contributed by atoms with Crippen molar-refractivity contribution in [1.29, 1.82) is 0 Å². The largest absolute Gasteiger partial charge is 0.313 e. The molecule has 1 N–H and O–H groups in total. The van der Waals surface area contributed by atoms with Crippen LogP contribution in [0.2, 0.25) is 0 Å². The third-order valence-corrected chi connectivity index (χ3v) is 5.20. The zero-order valence-electron chi connectivity index (χ0n) is 12.3. The third kappa shape index (κ3) is 6.12. The van der Waals surface area contributed by atoms with Crippen LogP contribution in [0.5, 0.6) is 0 Å². The molecule has 1 atom stereocenters. The molecule has 1 saturated heterocycles. The first kappa shape index (κ1) is 15.3. The van der Waals surface area contributed by atoms with E-state index in [9.17, 15) is 0 Å². The smallest absolute Gasteiger partial charge is 0.0116 e. The van der Waals surface area contributed by atoms with Crippen molar-refractivity contribution in [1.82, 2.24) is 10.2 Å². The molecule has 0 radical (unpaired) electrons. The van der Waals surface area contributed by atoms with Gasteiger partial charge in [-0.2, -0.15) is 11.8 Å². The van der Waals surface area contributed by atoms with Crippen LogP contribution in [0.4, 0.5) is 0 Å². The van der Waals surface area contributed by atoms with Gasteiger partial charge < -0.3 is 10.2 Å². The molecule has 0 aromatic carbocycles. The Morgan fingerprint density at radius 1 is 1.24 bits per heavy atom. The summed E-state index contributed by atoms with van der Waals surface area (Å²) >= 11 is 2.13. The minimum atomic E-state index is 0.480. The van der Waals surface area contributed by atoms with Gasteiger partial charge in [0.05, 0.1) is 0 Å². The molecule has 1 heterocycles. The molecule has 0 bridgehead atoms. The van der Waals surface area contributed by atoms with Crippen molar-refractivity contribution in [2.24, 2.45) is 5.92 Å². The van der Waals surface area contributed by atoms with Crippen molar-refractivity contribution in [2.75, 3.05) is 31.9 Å². The standard InChI is InChI=1S/C14H30N2S/c1-12(2)13(3)15-7-9-16-8-6-14(4,5)17-11-10-16/h12-13,15H,6-11H2,1-5H3. The van der Waals surface area contributed by atoms with Crippen molar-refractivity contribution < 1.29 is 0 Å². The van der Waals surface area contributed by atoms with Gasteiger partial charge in [-0.25, -0.2) is 0 Å². The Morgan fingerprint density at radius 2 is 1.94 bits per heavy atom. The van der Waals surface area contributed by atoms with Gasteiger partial charge in [0.1, 0.15) is 0 Å². The van der Waals surface area contributed by atoms with Gasteiger partial charge in [-0.1, -0.05) is 27.7 Å². The first-order chi connectivity index (χ1) is 7.91. The van der Waals surface area contributed by atoms with E-state index >= 15 is 0 Å². The lowest BCUT2D eigenvalue weighted by Gasteiger charge is -2.24. The van der Waals surface area contributed by atoms with E-state index < -0.39 is 0 Å². The van der Waals surface area contributed by atoms with E-state index in [2.05, 4.69) is 56.6 Å². The van der Waals surface area contributed by atoms with Gasteiger partial charge in [0.25, 0.3) is 0 Å². The van der Waals surface area contributed by atoms with Gasteiger partial charge >= 0.3 is 0 Å². The number of rotatable bonds is 5. The molecule has 1 unspecified atom stereocenters. The zero-order chi connectivity index (χ0) is 12.9. The lowest BCUT2D eigenvalue weighted by Crippen LogP contribution is -2.39. The Labute approximate surface area is 112 Å². The van der Waals surface area contributed by atoms with Crippen LogP contribution in [-0.4, -0.2) is 47.6 Å². The van der Waals surface area contributed by atoms with Crippen molar-refractivity contribution in [3.05, 3.63) is 0 Å². The van der Waals surface area contributed by atoms with Crippen molar-refractivity contribution in [2.45, 2.75) is 51.8 Å². The van der Waals surface area contributed by atoms with Crippen LogP contribution >= 0.6 is 11.8 Å². The normalized spacial score (nSPS) is 23.6. The second-order valence-electron chi connectivity index (χ2n) is 6.19. The summed E-state index contributed by atoms with van der Waals surface area (Å²) < 4.78 is 0.480. The van der Waals surface area contributed by atoms with Crippen molar-refractivity contribution in [3.8, 4) is 0 Å². The Kier molecular flexibility index (Phi) is 6.32. The highest BCUT2D eigenvalue weighted by molar-refractivity contribution is 8.00. The minimum Gasteiger partial charge on any atom is -0.313 e. The maximum Gasteiger partial charge on any atom is 0.0116 e. The molecule has 0 amide bonds. The lowest BCUT2D eigenvalue weighted by molar-refractivity contribution is 0.274. The van der Waals surface area contributed by atoms with Gasteiger partial charge in [0.2, 0.25) is 0 Å². The summed E-state index contributed by atoms with van der Waals surface area (Å²) in [6.45, 7) is 16.4. The van der Waals surface area contributed by atoms with Gasteiger partial charge in [0.15, 0.2) is 0 Å². The Morgan fingerprint density at radius 3 is 2.59 bits per heavy atom. The molecule has 0 spiro atoms. The quantitative estimate of drug-likeness (QED) is 0.816. The van der Waals surface area contributed by atoms with Crippen LogP contribution in [0, 0.1) is 5.92 Å². The number of thioether (sulfide) groups is 1. The van der Waals surface area contributed by atoms with E-state index in [4.69, 9.17) is 0 Å². The van der Waals surface area contributed by atoms with E-state index in [1.54, 1.807) is 0 Å². The van der Waals surface area contributed by atoms with Gasteiger partial charge in [-0.05, 0) is 25.8 Å². The maximum atomic E-state index is 3.62. The maximum absolute atomic E-state index is 3.62. The fourth-order valence-electron chi connectivity index (χ4n) is 1.97. The van der Waals surface area contributed by atoms with Crippen LogP contribution in [0.25, 0.3) is 0 Å². The Balaban J connectivity index is 2.19. The average molecular weight is 258 g/mol. The van der Waals surface area contributed by atoms with E-state index in [-0.39, 0.29) is 0 Å². The zero-order valence-corrected chi connectivity index (χ0v) is 13.1. The number of hydrogen-bond acceptors (Lipinski definition) is 3. The molecular formula is C14H30N2S. The molecule has 3 heteroatoms. The summed E-state index contributed by atoms with van der Waals surface area (Å²) in [4.78, 5) is 2.61. The summed E-state index contributed by atoms with van der Waals surface area (Å²) in [5, 5.41) is 3.62. The highest BCUT2D eigenvalue weighted by Gasteiger charge is 2.23. The molecule has 0 aromatic rings. The monoisotopic (exact) mass is 258 g/mol. The average Bonchev–Trinajstić information content (AvgIpc) is 2.40. The molecule has 0 saturated carbocycles. The molecule has 1 fully saturated rings. The summed E-state index contributed by atoms with van der Waals surface area (Å²) in [5.41, 5.74) is 0. The van der Waals surface area contributed by atoms with Crippen LogP contribution in [0.15, 0.2) is 0 Å². The van der Waals surface area contributed by atoms with Crippen LogP contribution in [0.1, 0.15) is 41.0 Å². The first-order valence-electron chi connectivity index (χ1n) is 7.00. The summed E-state index contributed by atoms with van der Waals surface area (Å²) in [5.74, 6) is 2.01. The van der Waals surface area contributed by atoms with Crippen LogP contribution in [0.3, 0.4) is 0 Å². The lowest BCUT2D eigenvalue weighted by atomic mass is 10.1. The molecule has 0 aromatic heterocycles. The molecule has 2 nitrogen and oxygen atoms in total. The van der Waals surface area contributed by atoms with Crippen LogP contribution < -0.4 is 5.32 Å². The van der Waals surface area contributed by atoms with Gasteiger partial charge in [-0.15, -0.1) is 0 Å². The molecule has 17 heavy (non-hydrogen) atoms. The van der Waals surface area contributed by atoms with Crippen molar-refractivity contribution >= 4 is 11.8 Å². The topological polar surface area (TPSA) is 15.3 Å². The Hall–Kier alpha value is 0.270. The minimum absolute atomic E-state index is 0.480. The van der Waals surface area contributed by atoms with Crippen LogP contribution in [-0.2, 0) is 0 Å². The molecular weight excluding hydrogens is 228 g/mol. The highest BCUT2D eigenvalue weighted by atomic mass is 32.2. The highest BCUT2D eigenvalue weighted by Crippen LogP contribution is 2.30. The van der Waals surface area contributed by atoms with E-state index in [0.717, 1.165) is 12.5 Å². The fourth-order valence-corrected chi connectivity index (χ4v) is 3.11. The number of hydrogen-bond donors (Lipinski definition) is 1. The SMILES string of the molecule is CC(C)C(C)NCCN1CCSC(C)(C)CC1. The predicted octanol–water partition coefficient (Wildman–Crippen LogP) is 2.84. The fraction of sp³-hybridized carbons (Fsp3) is 1.00. The van der Waals surface area contributed by atoms with E-state index in [1.807, 2.05) is 0 Å². The first-order valence-corrected chi connectivity index (χ1v) is 7.99. The number of nitrogens with zero attached hydrogens (tertiary/aromatic N) is 1. The molecule has 1 rings (SSSR count). The summed E-state index contributed by atoms with van der Waals surface area (Å²) in [6.07, 6.45) is 1.32. The van der Waals surface area contributed by atoms with Gasteiger partial charge in [-0.3, -0.25) is 0 Å². The summed E-state index contributed by atoms with van der Waals surface area (Å²) in [7, 11) is 0. The van der Waals surface area contributed by atoms with Crippen molar-refractivity contribution in [3.63, 3.8) is 0 Å². The summed E-state index contributed by atoms with van der Waals surface area (Å²) in [6, 6.07) is 0.632. The van der Waals surface area contributed by atoms with E-state index in [1.165, 1.54) is 31.8 Å². The molecule has 102 valence electrons. The second-order valence-corrected chi connectivity index (χ2v) is 7.99. The second kappa shape index (κ2) is 7.01. The molecule has 1 aliphatic rings. The Bertz CT molecular complexity index is 216. The van der Waals surface area contributed by atoms with Gasteiger partial charge in [0, 0.05) is 36.2 Å². The molecule has 1 aliphatic heterocycles. The predicted molar refractivity (Wildman–Crippen MR) is 79.9 cm³/mol. The third-order valence-electron chi connectivity index (χ3n) is 3.82. The number of nitrogens with one attached hydrogen (secondary N) is 1.